The number of amides is 1. The van der Waals surface area contributed by atoms with E-state index in [1.165, 1.54) is 0 Å². The van der Waals surface area contributed by atoms with E-state index in [0.29, 0.717) is 13.1 Å². The van der Waals surface area contributed by atoms with E-state index in [2.05, 4.69) is 25.7 Å². The van der Waals surface area contributed by atoms with Crippen LogP contribution in [-0.2, 0) is 14.3 Å². The van der Waals surface area contributed by atoms with Crippen molar-refractivity contribution in [1.82, 2.24) is 9.80 Å². The number of hydrogen-bond acceptors (Lipinski definition) is 5. The van der Waals surface area contributed by atoms with Gasteiger partial charge in [0.25, 0.3) is 5.91 Å². The van der Waals surface area contributed by atoms with Crippen LogP contribution >= 0.6 is 0 Å². The Bertz CT molecular complexity index is 383. The molecule has 1 atom stereocenters. The summed E-state index contributed by atoms with van der Waals surface area (Å²) >= 11 is 0. The molecule has 0 saturated carbocycles. The minimum Gasteiger partial charge on any atom is -0.454 e. The van der Waals surface area contributed by atoms with Gasteiger partial charge in [-0.3, -0.25) is 14.5 Å². The van der Waals surface area contributed by atoms with Crippen LogP contribution in [0.4, 0.5) is 0 Å². The summed E-state index contributed by atoms with van der Waals surface area (Å²) in [4.78, 5) is 27.9. The SMILES string of the molecule is CC(C)[C@H](N)C(=O)OCC(=O)N1CCN(CC(C)(C)C)CC1. The summed E-state index contributed by atoms with van der Waals surface area (Å²) in [7, 11) is 0. The highest BCUT2D eigenvalue weighted by molar-refractivity contribution is 5.82. The van der Waals surface area contributed by atoms with Crippen LogP contribution in [0.15, 0.2) is 0 Å². The lowest BCUT2D eigenvalue weighted by molar-refractivity contribution is -0.154. The molecular formula is C16H31N3O3. The summed E-state index contributed by atoms with van der Waals surface area (Å²) < 4.78 is 5.02. The van der Waals surface area contributed by atoms with E-state index in [4.69, 9.17) is 10.5 Å². The first kappa shape index (κ1) is 18.9. The molecule has 0 aromatic heterocycles. The van der Waals surface area contributed by atoms with Crippen molar-refractivity contribution in [3.05, 3.63) is 0 Å². The molecule has 0 aromatic carbocycles. The van der Waals surface area contributed by atoms with Crippen LogP contribution < -0.4 is 5.73 Å². The first-order valence-electron chi connectivity index (χ1n) is 8.02. The van der Waals surface area contributed by atoms with Crippen LogP contribution in [0.25, 0.3) is 0 Å². The number of nitrogens with zero attached hydrogens (tertiary/aromatic N) is 2. The van der Waals surface area contributed by atoms with Gasteiger partial charge >= 0.3 is 5.97 Å². The Labute approximate surface area is 134 Å². The van der Waals surface area contributed by atoms with Gasteiger partial charge in [0.2, 0.25) is 0 Å². The summed E-state index contributed by atoms with van der Waals surface area (Å²) in [5, 5.41) is 0. The molecule has 1 fully saturated rings. The van der Waals surface area contributed by atoms with Gasteiger partial charge in [0.15, 0.2) is 6.61 Å². The molecule has 1 aliphatic heterocycles. The molecular weight excluding hydrogens is 282 g/mol. The Balaban J connectivity index is 2.33. The largest absolute Gasteiger partial charge is 0.454 e. The maximum absolute atomic E-state index is 12.1. The van der Waals surface area contributed by atoms with Gasteiger partial charge in [-0.05, 0) is 11.3 Å². The smallest absolute Gasteiger partial charge is 0.323 e. The third kappa shape index (κ3) is 6.32. The van der Waals surface area contributed by atoms with Crippen LogP contribution in [0.2, 0.25) is 0 Å². The van der Waals surface area contributed by atoms with E-state index in [1.54, 1.807) is 4.90 Å². The highest BCUT2D eigenvalue weighted by Crippen LogP contribution is 2.16. The lowest BCUT2D eigenvalue weighted by Crippen LogP contribution is -2.51. The van der Waals surface area contributed by atoms with Crippen molar-refractivity contribution in [3.8, 4) is 0 Å². The van der Waals surface area contributed by atoms with E-state index in [9.17, 15) is 9.59 Å². The number of esters is 1. The van der Waals surface area contributed by atoms with E-state index in [-0.39, 0.29) is 23.8 Å². The van der Waals surface area contributed by atoms with Crippen molar-refractivity contribution in [2.45, 2.75) is 40.7 Å². The van der Waals surface area contributed by atoms with Gasteiger partial charge in [-0.2, -0.15) is 0 Å². The van der Waals surface area contributed by atoms with Crippen molar-refractivity contribution in [3.63, 3.8) is 0 Å². The molecule has 1 heterocycles. The highest BCUT2D eigenvalue weighted by atomic mass is 16.5. The number of carbonyl (C=O) groups excluding carboxylic acids is 2. The fourth-order valence-corrected chi connectivity index (χ4v) is 2.42. The molecule has 2 N–H and O–H groups in total. The fraction of sp³-hybridized carbons (Fsp3) is 0.875. The normalized spacial score (nSPS) is 18.4. The average molecular weight is 313 g/mol. The number of piperazine rings is 1. The predicted molar refractivity (Wildman–Crippen MR) is 86.2 cm³/mol. The van der Waals surface area contributed by atoms with Gasteiger partial charge < -0.3 is 15.4 Å². The maximum atomic E-state index is 12.1. The van der Waals surface area contributed by atoms with Gasteiger partial charge in [0.1, 0.15) is 6.04 Å². The van der Waals surface area contributed by atoms with Crippen LogP contribution in [0.5, 0.6) is 0 Å². The summed E-state index contributed by atoms with van der Waals surface area (Å²) in [5.74, 6) is -0.641. The van der Waals surface area contributed by atoms with Crippen molar-refractivity contribution < 1.29 is 14.3 Å². The third-order valence-electron chi connectivity index (χ3n) is 3.75. The first-order valence-corrected chi connectivity index (χ1v) is 8.02. The maximum Gasteiger partial charge on any atom is 0.323 e. The minimum atomic E-state index is -0.670. The zero-order valence-electron chi connectivity index (χ0n) is 14.6. The van der Waals surface area contributed by atoms with E-state index in [1.807, 2.05) is 13.8 Å². The highest BCUT2D eigenvalue weighted by Gasteiger charge is 2.25. The quantitative estimate of drug-likeness (QED) is 0.756. The zero-order chi connectivity index (χ0) is 16.9. The summed E-state index contributed by atoms with van der Waals surface area (Å²) in [6.45, 7) is 14.2. The number of hydrogen-bond donors (Lipinski definition) is 1. The second kappa shape index (κ2) is 7.92. The molecule has 22 heavy (non-hydrogen) atoms. The molecule has 128 valence electrons. The van der Waals surface area contributed by atoms with Gasteiger partial charge in [-0.25, -0.2) is 0 Å². The topological polar surface area (TPSA) is 75.9 Å². The molecule has 0 bridgehead atoms. The van der Waals surface area contributed by atoms with Gasteiger partial charge in [-0.15, -0.1) is 0 Å². The van der Waals surface area contributed by atoms with Crippen molar-refractivity contribution in [2.24, 2.45) is 17.1 Å². The molecule has 1 aliphatic rings. The number of rotatable bonds is 5. The summed E-state index contributed by atoms with van der Waals surface area (Å²) in [5.41, 5.74) is 5.95. The van der Waals surface area contributed by atoms with Crippen LogP contribution in [-0.4, -0.2) is 67.0 Å². The zero-order valence-corrected chi connectivity index (χ0v) is 14.6. The van der Waals surface area contributed by atoms with E-state index >= 15 is 0 Å². The van der Waals surface area contributed by atoms with Crippen LogP contribution in [0.1, 0.15) is 34.6 Å². The van der Waals surface area contributed by atoms with Crippen LogP contribution in [0, 0.1) is 11.3 Å². The third-order valence-corrected chi connectivity index (χ3v) is 3.75. The number of nitrogens with two attached hydrogens (primary N) is 1. The lowest BCUT2D eigenvalue weighted by atomic mass is 9.96. The Hall–Kier alpha value is -1.14. The second-order valence-electron chi connectivity index (χ2n) is 7.60. The molecule has 1 rings (SSSR count). The molecule has 0 spiro atoms. The Morgan fingerprint density at radius 1 is 1.14 bits per heavy atom. The Morgan fingerprint density at radius 2 is 1.68 bits per heavy atom. The molecule has 0 aromatic rings. The summed E-state index contributed by atoms with van der Waals surface area (Å²) in [6, 6.07) is -0.670. The second-order valence-corrected chi connectivity index (χ2v) is 7.60. The standard InChI is InChI=1S/C16H31N3O3/c1-12(2)14(17)15(21)22-10-13(20)19-8-6-18(7-9-19)11-16(3,4)5/h12,14H,6-11,17H2,1-5H3/t14-/m0/s1. The Kier molecular flexibility index (Phi) is 6.81. The first-order chi connectivity index (χ1) is 10.1. The van der Waals surface area contributed by atoms with Gasteiger partial charge in [0, 0.05) is 32.7 Å². The Morgan fingerprint density at radius 3 is 2.14 bits per heavy atom. The molecule has 6 nitrogen and oxygen atoms in total. The van der Waals surface area contributed by atoms with Crippen molar-refractivity contribution >= 4 is 11.9 Å². The predicted octanol–water partition coefficient (Wildman–Crippen LogP) is 0.703. The lowest BCUT2D eigenvalue weighted by Gasteiger charge is -2.37. The number of carbonyl (C=O) groups is 2. The fourth-order valence-electron chi connectivity index (χ4n) is 2.42. The van der Waals surface area contributed by atoms with E-state index < -0.39 is 12.0 Å². The molecule has 6 heteroatoms. The molecule has 0 unspecified atom stereocenters. The molecule has 0 radical (unpaired) electrons. The van der Waals surface area contributed by atoms with E-state index in [0.717, 1.165) is 19.6 Å². The monoisotopic (exact) mass is 313 g/mol. The van der Waals surface area contributed by atoms with Crippen molar-refractivity contribution in [2.75, 3.05) is 39.3 Å². The molecule has 1 saturated heterocycles. The van der Waals surface area contributed by atoms with Gasteiger partial charge in [0.05, 0.1) is 0 Å². The molecule has 1 amide bonds. The average Bonchev–Trinajstić information content (AvgIpc) is 2.42. The minimum absolute atomic E-state index is 0.00328. The van der Waals surface area contributed by atoms with Crippen molar-refractivity contribution in [1.29, 1.82) is 0 Å². The van der Waals surface area contributed by atoms with Crippen LogP contribution in [0.3, 0.4) is 0 Å². The number of ether oxygens (including phenoxy) is 1. The summed E-state index contributed by atoms with van der Waals surface area (Å²) in [6.07, 6.45) is 0. The van der Waals surface area contributed by atoms with Gasteiger partial charge in [-0.1, -0.05) is 34.6 Å². The molecule has 0 aliphatic carbocycles.